The molecule has 1 saturated heterocycles. The lowest BCUT2D eigenvalue weighted by atomic mass is 10.1. The van der Waals surface area contributed by atoms with Gasteiger partial charge < -0.3 is 14.7 Å². The summed E-state index contributed by atoms with van der Waals surface area (Å²) < 4.78 is 70.5. The fourth-order valence-corrected chi connectivity index (χ4v) is 2.11. The van der Waals surface area contributed by atoms with E-state index in [4.69, 9.17) is 9.84 Å². The number of halogens is 5. The van der Waals surface area contributed by atoms with Crippen molar-refractivity contribution < 1.29 is 36.6 Å². The van der Waals surface area contributed by atoms with E-state index in [0.717, 1.165) is 4.90 Å². The molecule has 1 heterocycles. The number of ether oxygens (including phenoxy) is 1. The molecular weight excluding hydrogens is 301 g/mol. The summed E-state index contributed by atoms with van der Waals surface area (Å²) in [5.41, 5.74) is -1.57. The van der Waals surface area contributed by atoms with Crippen LogP contribution in [0.25, 0.3) is 0 Å². The molecule has 1 fully saturated rings. The average Bonchev–Trinajstić information content (AvgIpc) is 2.36. The van der Waals surface area contributed by atoms with Gasteiger partial charge in [-0.1, -0.05) is 0 Å². The molecule has 1 aromatic rings. The van der Waals surface area contributed by atoms with Gasteiger partial charge in [0, 0.05) is 12.2 Å². The van der Waals surface area contributed by atoms with Crippen LogP contribution in [-0.4, -0.2) is 43.1 Å². The Balaban J connectivity index is 2.43. The molecule has 0 spiro atoms. The zero-order chi connectivity index (χ0) is 15.8. The predicted molar refractivity (Wildman–Crippen MR) is 61.3 cm³/mol. The largest absolute Gasteiger partial charge is 0.477 e. The van der Waals surface area contributed by atoms with E-state index in [0.29, 0.717) is 12.1 Å². The molecule has 0 aliphatic carbocycles. The second kappa shape index (κ2) is 5.47. The average molecular weight is 311 g/mol. The minimum absolute atomic E-state index is 0.0312. The number of hydrogen-bond acceptors (Lipinski definition) is 3. The molecule has 1 aliphatic heterocycles. The zero-order valence-corrected chi connectivity index (χ0v) is 10.5. The molecule has 0 saturated carbocycles. The molecule has 1 atom stereocenters. The molecule has 1 N–H and O–H groups in total. The highest BCUT2D eigenvalue weighted by atomic mass is 19.4. The number of carbonyl (C=O) groups is 1. The second-order valence-corrected chi connectivity index (χ2v) is 4.42. The highest BCUT2D eigenvalue weighted by molar-refractivity contribution is 5.88. The number of morpholine rings is 1. The molecule has 1 aliphatic rings. The number of hydrogen-bond donors (Lipinski definition) is 1. The van der Waals surface area contributed by atoms with Crippen molar-refractivity contribution in [3.8, 4) is 0 Å². The molecule has 0 aromatic heterocycles. The quantitative estimate of drug-likeness (QED) is 0.852. The maximum atomic E-state index is 13.6. The monoisotopic (exact) mass is 311 g/mol. The summed E-state index contributed by atoms with van der Waals surface area (Å²) in [4.78, 5) is 11.4. The molecule has 4 nitrogen and oxygen atoms in total. The van der Waals surface area contributed by atoms with Crippen molar-refractivity contribution in [3.05, 3.63) is 29.3 Å². The van der Waals surface area contributed by atoms with Gasteiger partial charge in [0.25, 0.3) is 0 Å². The summed E-state index contributed by atoms with van der Waals surface area (Å²) in [5, 5.41) is 8.64. The molecule has 0 amide bonds. The topological polar surface area (TPSA) is 49.8 Å². The molecule has 116 valence electrons. The Morgan fingerprint density at radius 1 is 1.29 bits per heavy atom. The van der Waals surface area contributed by atoms with Crippen LogP contribution < -0.4 is 4.90 Å². The van der Waals surface area contributed by atoms with Crippen molar-refractivity contribution >= 4 is 11.7 Å². The Morgan fingerprint density at radius 3 is 2.33 bits per heavy atom. The summed E-state index contributed by atoms with van der Waals surface area (Å²) in [6, 6.07) is -0.881. The third kappa shape index (κ3) is 3.07. The van der Waals surface area contributed by atoms with Gasteiger partial charge in [-0.15, -0.1) is 0 Å². The van der Waals surface area contributed by atoms with Gasteiger partial charge >= 0.3 is 12.1 Å². The molecule has 9 heteroatoms. The predicted octanol–water partition coefficient (Wildman–Crippen LogP) is 2.43. The van der Waals surface area contributed by atoms with Crippen LogP contribution in [0.1, 0.15) is 10.4 Å². The van der Waals surface area contributed by atoms with Crippen molar-refractivity contribution in [3.63, 3.8) is 0 Å². The van der Waals surface area contributed by atoms with Crippen molar-refractivity contribution in [1.82, 2.24) is 0 Å². The van der Waals surface area contributed by atoms with Crippen LogP contribution in [0.15, 0.2) is 12.1 Å². The second-order valence-electron chi connectivity index (χ2n) is 4.42. The van der Waals surface area contributed by atoms with Crippen LogP contribution in [0.2, 0.25) is 0 Å². The first-order chi connectivity index (χ1) is 9.71. The Bertz CT molecular complexity index is 537. The van der Waals surface area contributed by atoms with Crippen molar-refractivity contribution in [2.45, 2.75) is 12.2 Å². The number of carboxylic acid groups (broad SMARTS) is 1. The minimum atomic E-state index is -4.64. The van der Waals surface area contributed by atoms with E-state index in [1.54, 1.807) is 0 Å². The molecule has 0 radical (unpaired) electrons. The standard InChI is InChI=1S/C12H10F5NO3/c13-7-3-6(4-8(14)10(7)11(19)20)18-1-2-21-5-9(18)12(15,16)17/h3-4,9H,1-2,5H2,(H,19,20)/t9-/m0/s1. The fourth-order valence-electron chi connectivity index (χ4n) is 2.11. The number of rotatable bonds is 2. The van der Waals surface area contributed by atoms with Crippen LogP contribution in [0.4, 0.5) is 27.6 Å². The summed E-state index contributed by atoms with van der Waals surface area (Å²) in [6.07, 6.45) is -4.64. The van der Waals surface area contributed by atoms with Gasteiger partial charge in [0.15, 0.2) is 0 Å². The zero-order valence-electron chi connectivity index (χ0n) is 10.5. The SMILES string of the molecule is O=C(O)c1c(F)cc(N2CCOC[C@H]2C(F)(F)F)cc1F. The summed E-state index contributed by atoms with van der Waals surface area (Å²) >= 11 is 0. The van der Waals surface area contributed by atoms with E-state index in [-0.39, 0.29) is 18.8 Å². The number of aromatic carboxylic acids is 1. The lowest BCUT2D eigenvalue weighted by molar-refractivity contribution is -0.167. The van der Waals surface area contributed by atoms with Gasteiger partial charge in [-0.2, -0.15) is 13.2 Å². The van der Waals surface area contributed by atoms with E-state index in [2.05, 4.69) is 0 Å². The van der Waals surface area contributed by atoms with Crippen LogP contribution in [0, 0.1) is 11.6 Å². The highest BCUT2D eigenvalue weighted by Gasteiger charge is 2.45. The van der Waals surface area contributed by atoms with Gasteiger partial charge in [-0.3, -0.25) is 0 Å². The Kier molecular flexibility index (Phi) is 4.04. The van der Waals surface area contributed by atoms with E-state index < -0.39 is 42.0 Å². The van der Waals surface area contributed by atoms with E-state index in [9.17, 15) is 26.7 Å². The van der Waals surface area contributed by atoms with Crippen LogP contribution in [0.5, 0.6) is 0 Å². The van der Waals surface area contributed by atoms with E-state index in [1.807, 2.05) is 0 Å². The minimum Gasteiger partial charge on any atom is -0.477 e. The maximum Gasteiger partial charge on any atom is 0.411 e. The molecule has 2 rings (SSSR count). The molecule has 0 unspecified atom stereocenters. The molecule has 1 aromatic carbocycles. The first kappa shape index (κ1) is 15.5. The molecular formula is C12H10F5NO3. The normalized spacial score (nSPS) is 19.7. The fraction of sp³-hybridized carbons (Fsp3) is 0.417. The number of carboxylic acids is 1. The van der Waals surface area contributed by atoms with Crippen LogP contribution >= 0.6 is 0 Å². The van der Waals surface area contributed by atoms with Crippen LogP contribution in [0.3, 0.4) is 0 Å². The van der Waals surface area contributed by atoms with Crippen molar-refractivity contribution in [2.24, 2.45) is 0 Å². The third-order valence-corrected chi connectivity index (χ3v) is 3.08. The van der Waals surface area contributed by atoms with Gasteiger partial charge in [0.2, 0.25) is 0 Å². The van der Waals surface area contributed by atoms with Crippen LogP contribution in [-0.2, 0) is 4.74 Å². The lowest BCUT2D eigenvalue weighted by Crippen LogP contribution is -2.53. The Labute approximate surface area is 115 Å². The van der Waals surface area contributed by atoms with Gasteiger partial charge in [-0.25, -0.2) is 13.6 Å². The van der Waals surface area contributed by atoms with E-state index in [1.165, 1.54) is 0 Å². The first-order valence-electron chi connectivity index (χ1n) is 5.85. The third-order valence-electron chi connectivity index (χ3n) is 3.08. The smallest absolute Gasteiger partial charge is 0.411 e. The van der Waals surface area contributed by atoms with Crippen molar-refractivity contribution in [2.75, 3.05) is 24.7 Å². The number of nitrogens with zero attached hydrogens (tertiary/aromatic N) is 1. The number of benzene rings is 1. The lowest BCUT2D eigenvalue weighted by Gasteiger charge is -2.38. The highest BCUT2D eigenvalue weighted by Crippen LogP contribution is 2.32. The molecule has 0 bridgehead atoms. The Hall–Kier alpha value is -1.90. The number of anilines is 1. The summed E-state index contributed by atoms with van der Waals surface area (Å²) in [7, 11) is 0. The molecule has 21 heavy (non-hydrogen) atoms. The van der Waals surface area contributed by atoms with E-state index >= 15 is 0 Å². The van der Waals surface area contributed by atoms with Crippen molar-refractivity contribution in [1.29, 1.82) is 0 Å². The number of alkyl halides is 3. The van der Waals surface area contributed by atoms with Gasteiger partial charge in [0.1, 0.15) is 23.2 Å². The van der Waals surface area contributed by atoms with Gasteiger partial charge in [0.05, 0.1) is 13.2 Å². The Morgan fingerprint density at radius 2 is 1.86 bits per heavy atom. The summed E-state index contributed by atoms with van der Waals surface area (Å²) in [6.45, 7) is -0.903. The summed E-state index contributed by atoms with van der Waals surface area (Å²) in [5.74, 6) is -4.68. The maximum absolute atomic E-state index is 13.6. The first-order valence-corrected chi connectivity index (χ1v) is 5.85. The van der Waals surface area contributed by atoms with Gasteiger partial charge in [-0.05, 0) is 12.1 Å².